The maximum absolute atomic E-state index is 12.8. The van der Waals surface area contributed by atoms with E-state index >= 15 is 0 Å². The van der Waals surface area contributed by atoms with Crippen LogP contribution in [0.25, 0.3) is 0 Å². The molecule has 1 aromatic carbocycles. The Kier molecular flexibility index (Phi) is 3.27. The lowest BCUT2D eigenvalue weighted by molar-refractivity contribution is -0.137. The van der Waals surface area contributed by atoms with Crippen LogP contribution in [0.15, 0.2) is 36.7 Å². The Hall–Kier alpha value is -1.98. The molecule has 0 saturated heterocycles. The van der Waals surface area contributed by atoms with Crippen LogP contribution in [0.3, 0.4) is 0 Å². The molecule has 0 aliphatic carbocycles. The molecular formula is C12H12F3N3. The summed E-state index contributed by atoms with van der Waals surface area (Å²) in [5, 5.41) is 2.81. The second-order valence-electron chi connectivity index (χ2n) is 3.88. The van der Waals surface area contributed by atoms with Gasteiger partial charge in [-0.2, -0.15) is 13.2 Å². The summed E-state index contributed by atoms with van der Waals surface area (Å²) in [5.74, 6) is 0.590. The highest BCUT2D eigenvalue weighted by Crippen LogP contribution is 2.35. The first-order chi connectivity index (χ1) is 8.48. The van der Waals surface area contributed by atoms with Gasteiger partial charge in [-0.15, -0.1) is 0 Å². The molecule has 1 heterocycles. The molecule has 0 radical (unpaired) electrons. The first-order valence-electron chi connectivity index (χ1n) is 5.40. The normalized spacial score (nSPS) is 13.3. The van der Waals surface area contributed by atoms with Crippen molar-refractivity contribution in [3.8, 4) is 0 Å². The molecule has 1 aromatic heterocycles. The van der Waals surface area contributed by atoms with Crippen molar-refractivity contribution in [2.75, 3.05) is 5.32 Å². The molecule has 3 nitrogen and oxygen atoms in total. The first kappa shape index (κ1) is 12.5. The Bertz CT molecular complexity index is 506. The number of H-pyrrole nitrogens is 1. The molecule has 6 heteroatoms. The van der Waals surface area contributed by atoms with Gasteiger partial charge in [-0.1, -0.05) is 12.1 Å². The van der Waals surface area contributed by atoms with E-state index in [0.29, 0.717) is 5.82 Å². The van der Waals surface area contributed by atoms with E-state index in [0.717, 1.165) is 6.07 Å². The molecular weight excluding hydrogens is 243 g/mol. The topological polar surface area (TPSA) is 40.7 Å². The minimum atomic E-state index is -4.37. The Morgan fingerprint density at radius 2 is 2.00 bits per heavy atom. The summed E-state index contributed by atoms with van der Waals surface area (Å²) < 4.78 is 38.3. The van der Waals surface area contributed by atoms with Gasteiger partial charge in [-0.3, -0.25) is 0 Å². The summed E-state index contributed by atoms with van der Waals surface area (Å²) in [6, 6.07) is 5.06. The van der Waals surface area contributed by atoms with Gasteiger partial charge in [0.05, 0.1) is 11.6 Å². The van der Waals surface area contributed by atoms with Crippen LogP contribution in [0.4, 0.5) is 18.9 Å². The summed E-state index contributed by atoms with van der Waals surface area (Å²) >= 11 is 0. The molecule has 0 bridgehead atoms. The molecule has 0 aliphatic rings. The minimum absolute atomic E-state index is 0.0499. The van der Waals surface area contributed by atoms with Gasteiger partial charge in [0.1, 0.15) is 5.82 Å². The molecule has 2 aromatic rings. The Balaban J connectivity index is 2.24. The van der Waals surface area contributed by atoms with Crippen LogP contribution in [0, 0.1) is 0 Å². The summed E-state index contributed by atoms with van der Waals surface area (Å²) in [5.41, 5.74) is -0.627. The average molecular weight is 255 g/mol. The van der Waals surface area contributed by atoms with Gasteiger partial charge in [-0.05, 0) is 19.1 Å². The predicted octanol–water partition coefficient (Wildman–Crippen LogP) is 3.60. The van der Waals surface area contributed by atoms with Crippen molar-refractivity contribution >= 4 is 5.69 Å². The monoisotopic (exact) mass is 255 g/mol. The number of aromatic nitrogens is 2. The third-order valence-electron chi connectivity index (χ3n) is 2.53. The van der Waals surface area contributed by atoms with Crippen LogP contribution in [0.2, 0.25) is 0 Å². The molecule has 0 fully saturated rings. The number of alkyl halides is 3. The number of nitrogens with one attached hydrogen (secondary N) is 2. The average Bonchev–Trinajstić information content (AvgIpc) is 2.81. The molecule has 2 N–H and O–H groups in total. The maximum Gasteiger partial charge on any atom is 0.418 e. The van der Waals surface area contributed by atoms with Crippen molar-refractivity contribution in [3.05, 3.63) is 48.0 Å². The lowest BCUT2D eigenvalue weighted by Gasteiger charge is -2.17. The van der Waals surface area contributed by atoms with Crippen LogP contribution in [0.1, 0.15) is 24.4 Å². The van der Waals surface area contributed by atoms with Crippen LogP contribution in [-0.4, -0.2) is 9.97 Å². The fourth-order valence-electron chi connectivity index (χ4n) is 1.67. The Labute approximate surface area is 102 Å². The fraction of sp³-hybridized carbons (Fsp3) is 0.250. The van der Waals surface area contributed by atoms with E-state index in [9.17, 15) is 13.2 Å². The number of imidazole rings is 1. The largest absolute Gasteiger partial charge is 0.418 e. The van der Waals surface area contributed by atoms with Crippen molar-refractivity contribution in [2.24, 2.45) is 0 Å². The van der Waals surface area contributed by atoms with Crippen molar-refractivity contribution in [2.45, 2.75) is 19.1 Å². The molecule has 0 saturated carbocycles. The zero-order valence-electron chi connectivity index (χ0n) is 9.62. The van der Waals surface area contributed by atoms with Crippen LogP contribution in [0.5, 0.6) is 0 Å². The number of rotatable bonds is 3. The number of anilines is 1. The highest BCUT2D eigenvalue weighted by Gasteiger charge is 2.33. The molecule has 2 rings (SSSR count). The maximum atomic E-state index is 12.8. The number of nitrogens with zero attached hydrogens (tertiary/aromatic N) is 1. The number of hydrogen-bond donors (Lipinski definition) is 2. The van der Waals surface area contributed by atoms with E-state index in [1.165, 1.54) is 12.1 Å². The molecule has 0 spiro atoms. The van der Waals surface area contributed by atoms with Gasteiger partial charge in [0.25, 0.3) is 0 Å². The van der Waals surface area contributed by atoms with E-state index < -0.39 is 11.7 Å². The Morgan fingerprint density at radius 3 is 2.61 bits per heavy atom. The zero-order chi connectivity index (χ0) is 13.2. The molecule has 1 atom stereocenters. The van der Waals surface area contributed by atoms with Gasteiger partial charge >= 0.3 is 6.18 Å². The second-order valence-corrected chi connectivity index (χ2v) is 3.88. The van der Waals surface area contributed by atoms with Gasteiger partial charge in [0.2, 0.25) is 0 Å². The number of halogens is 3. The SMILES string of the molecule is CC(Nc1ccccc1C(F)(F)F)c1ncc[nH]1. The lowest BCUT2D eigenvalue weighted by atomic mass is 10.1. The molecule has 1 unspecified atom stereocenters. The summed E-state index contributed by atoms with van der Waals surface area (Å²) in [6.45, 7) is 1.74. The highest BCUT2D eigenvalue weighted by atomic mass is 19.4. The van der Waals surface area contributed by atoms with Crippen LogP contribution in [-0.2, 0) is 6.18 Å². The summed E-state index contributed by atoms with van der Waals surface area (Å²) in [4.78, 5) is 6.87. The summed E-state index contributed by atoms with van der Waals surface area (Å²) in [7, 11) is 0. The van der Waals surface area contributed by atoms with Gasteiger partial charge < -0.3 is 10.3 Å². The van der Waals surface area contributed by atoms with Crippen molar-refractivity contribution in [3.63, 3.8) is 0 Å². The minimum Gasteiger partial charge on any atom is -0.375 e. The smallest absolute Gasteiger partial charge is 0.375 e. The quantitative estimate of drug-likeness (QED) is 0.879. The van der Waals surface area contributed by atoms with E-state index in [1.54, 1.807) is 25.4 Å². The van der Waals surface area contributed by atoms with Gasteiger partial charge in [0.15, 0.2) is 0 Å². The van der Waals surface area contributed by atoms with E-state index in [1.807, 2.05) is 0 Å². The zero-order valence-corrected chi connectivity index (χ0v) is 9.62. The lowest BCUT2D eigenvalue weighted by Crippen LogP contribution is -2.14. The molecule has 0 amide bonds. The van der Waals surface area contributed by atoms with Crippen molar-refractivity contribution in [1.82, 2.24) is 9.97 Å². The number of benzene rings is 1. The number of aromatic amines is 1. The van der Waals surface area contributed by atoms with Crippen molar-refractivity contribution < 1.29 is 13.2 Å². The fourth-order valence-corrected chi connectivity index (χ4v) is 1.67. The third-order valence-corrected chi connectivity index (χ3v) is 2.53. The summed E-state index contributed by atoms with van der Waals surface area (Å²) in [6.07, 6.45) is -1.18. The molecule has 18 heavy (non-hydrogen) atoms. The van der Waals surface area contributed by atoms with Crippen LogP contribution >= 0.6 is 0 Å². The first-order valence-corrected chi connectivity index (χ1v) is 5.40. The van der Waals surface area contributed by atoms with E-state index in [-0.39, 0.29) is 11.7 Å². The third kappa shape index (κ3) is 2.64. The van der Waals surface area contributed by atoms with Crippen molar-refractivity contribution in [1.29, 1.82) is 0 Å². The highest BCUT2D eigenvalue weighted by molar-refractivity contribution is 5.53. The van der Waals surface area contributed by atoms with E-state index in [2.05, 4.69) is 15.3 Å². The van der Waals surface area contributed by atoms with E-state index in [4.69, 9.17) is 0 Å². The van der Waals surface area contributed by atoms with Crippen LogP contribution < -0.4 is 5.32 Å². The molecule has 96 valence electrons. The second kappa shape index (κ2) is 4.72. The van der Waals surface area contributed by atoms with Gasteiger partial charge in [-0.25, -0.2) is 4.98 Å². The predicted molar refractivity (Wildman–Crippen MR) is 62.1 cm³/mol. The number of hydrogen-bond acceptors (Lipinski definition) is 2. The standard InChI is InChI=1S/C12H12F3N3/c1-8(11-16-6-7-17-11)18-10-5-3-2-4-9(10)12(13,14)15/h2-8,18H,1H3,(H,16,17). The van der Waals surface area contributed by atoms with Gasteiger partial charge in [0, 0.05) is 18.1 Å². The molecule has 0 aliphatic heterocycles. The number of para-hydroxylation sites is 1. The Morgan fingerprint density at radius 1 is 1.28 bits per heavy atom.